The van der Waals surface area contributed by atoms with Crippen molar-refractivity contribution in [2.45, 2.75) is 25.9 Å². The first-order valence-electron chi connectivity index (χ1n) is 11.8. The normalized spacial score (nSPS) is 21.1. The molecule has 6 nitrogen and oxygen atoms in total. The Balaban J connectivity index is 1.52. The number of benzene rings is 1. The van der Waals surface area contributed by atoms with E-state index in [1.54, 1.807) is 0 Å². The number of aryl methyl sites for hydroxylation is 1. The van der Waals surface area contributed by atoms with Gasteiger partial charge < -0.3 is 19.5 Å². The molecule has 2 saturated heterocycles. The van der Waals surface area contributed by atoms with E-state index < -0.39 is 0 Å². The van der Waals surface area contributed by atoms with Crippen molar-refractivity contribution >= 4 is 28.9 Å². The van der Waals surface area contributed by atoms with E-state index in [0.717, 1.165) is 60.9 Å². The van der Waals surface area contributed by atoms with Gasteiger partial charge >= 0.3 is 0 Å². The number of nitrogens with one attached hydrogen (secondary N) is 1. The van der Waals surface area contributed by atoms with Crippen molar-refractivity contribution in [1.29, 1.82) is 0 Å². The van der Waals surface area contributed by atoms with Crippen molar-refractivity contribution in [3.63, 3.8) is 0 Å². The predicted molar refractivity (Wildman–Crippen MR) is 140 cm³/mol. The summed E-state index contributed by atoms with van der Waals surface area (Å²) in [6.07, 6.45) is 1.85. The Morgan fingerprint density at radius 1 is 1.09 bits per heavy atom. The number of thiocarbonyl (C=S) groups is 1. The van der Waals surface area contributed by atoms with Gasteiger partial charge in [0.2, 0.25) is 0 Å². The Bertz CT molecular complexity index is 1160. The number of ether oxygens (including phenoxy) is 1. The molecule has 0 saturated carbocycles. The van der Waals surface area contributed by atoms with Crippen molar-refractivity contribution in [2.24, 2.45) is 0 Å². The van der Waals surface area contributed by atoms with Crippen LogP contribution in [0, 0.1) is 13.8 Å². The number of hydrogen-bond acceptors (Lipinski definition) is 4. The number of pyridine rings is 1. The lowest BCUT2D eigenvalue weighted by atomic mass is 9.96. The fraction of sp³-hybridized carbons (Fsp3) is 0.385. The second-order valence-corrected chi connectivity index (χ2v) is 9.74. The molecule has 2 unspecified atom stereocenters. The van der Waals surface area contributed by atoms with Gasteiger partial charge in [0.15, 0.2) is 5.11 Å². The van der Waals surface area contributed by atoms with E-state index in [1.807, 2.05) is 36.5 Å². The minimum absolute atomic E-state index is 0.0216. The van der Waals surface area contributed by atoms with E-state index in [-0.39, 0.29) is 12.1 Å². The quantitative estimate of drug-likeness (QED) is 0.510. The van der Waals surface area contributed by atoms with Crippen LogP contribution in [0.5, 0.6) is 0 Å². The van der Waals surface area contributed by atoms with Crippen LogP contribution < -0.4 is 5.32 Å². The fourth-order valence-electron chi connectivity index (χ4n) is 5.16. The minimum atomic E-state index is -0.0216. The van der Waals surface area contributed by atoms with Crippen LogP contribution in [0.15, 0.2) is 54.7 Å². The van der Waals surface area contributed by atoms with Crippen LogP contribution in [0.25, 0.3) is 5.69 Å². The molecular formula is C26H30ClN5OS. The van der Waals surface area contributed by atoms with Crippen LogP contribution in [0.2, 0.25) is 5.02 Å². The van der Waals surface area contributed by atoms with Gasteiger partial charge in [-0.25, -0.2) is 0 Å². The third kappa shape index (κ3) is 4.58. The Hall–Kier alpha value is -2.45. The molecule has 2 aromatic heterocycles. The maximum Gasteiger partial charge on any atom is 0.170 e. The first-order chi connectivity index (χ1) is 16.5. The molecule has 0 bridgehead atoms. The van der Waals surface area contributed by atoms with Gasteiger partial charge in [-0.3, -0.25) is 9.88 Å². The predicted octanol–water partition coefficient (Wildman–Crippen LogP) is 4.45. The summed E-state index contributed by atoms with van der Waals surface area (Å²) in [4.78, 5) is 9.48. The first kappa shape index (κ1) is 23.3. The second kappa shape index (κ2) is 10.0. The highest BCUT2D eigenvalue weighted by Gasteiger charge is 2.41. The van der Waals surface area contributed by atoms with Gasteiger partial charge in [-0.1, -0.05) is 23.7 Å². The molecule has 1 aromatic carbocycles. The van der Waals surface area contributed by atoms with Gasteiger partial charge in [-0.15, -0.1) is 0 Å². The molecule has 0 spiro atoms. The molecule has 2 atom stereocenters. The fourth-order valence-corrected chi connectivity index (χ4v) is 5.67. The van der Waals surface area contributed by atoms with Crippen LogP contribution in [-0.2, 0) is 4.74 Å². The third-order valence-corrected chi connectivity index (χ3v) is 7.40. The topological polar surface area (TPSA) is 45.6 Å². The van der Waals surface area contributed by atoms with Crippen LogP contribution in [0.3, 0.4) is 0 Å². The van der Waals surface area contributed by atoms with Gasteiger partial charge in [0.25, 0.3) is 0 Å². The van der Waals surface area contributed by atoms with Gasteiger partial charge in [-0.2, -0.15) is 0 Å². The van der Waals surface area contributed by atoms with Gasteiger partial charge in [0.05, 0.1) is 31.0 Å². The third-order valence-electron chi connectivity index (χ3n) is 6.81. The van der Waals surface area contributed by atoms with Crippen molar-refractivity contribution in [1.82, 2.24) is 24.7 Å². The van der Waals surface area contributed by atoms with E-state index in [2.05, 4.69) is 56.7 Å². The summed E-state index contributed by atoms with van der Waals surface area (Å²) in [5.74, 6) is 0. The lowest BCUT2D eigenvalue weighted by Gasteiger charge is -2.32. The molecule has 3 aromatic rings. The maximum absolute atomic E-state index is 6.32. The molecule has 2 fully saturated rings. The number of morpholine rings is 1. The number of nitrogens with zero attached hydrogens (tertiary/aromatic N) is 4. The number of halogens is 1. The highest BCUT2D eigenvalue weighted by atomic mass is 35.5. The molecule has 2 aliphatic heterocycles. The van der Waals surface area contributed by atoms with Crippen molar-refractivity contribution in [3.8, 4) is 5.69 Å². The molecule has 178 valence electrons. The molecule has 2 aliphatic rings. The van der Waals surface area contributed by atoms with Crippen LogP contribution in [0.4, 0.5) is 0 Å². The summed E-state index contributed by atoms with van der Waals surface area (Å²) in [5.41, 5.74) is 5.67. The molecular weight excluding hydrogens is 466 g/mol. The van der Waals surface area contributed by atoms with E-state index in [1.165, 1.54) is 17.0 Å². The SMILES string of the molecule is Cc1cc(C2C(c3ccccn3)NC(=S)N2CCN2CCOCC2)c(C)n1-c1cccc(Cl)c1. The minimum Gasteiger partial charge on any atom is -0.379 e. The summed E-state index contributed by atoms with van der Waals surface area (Å²) in [6.45, 7) is 9.64. The van der Waals surface area contributed by atoms with E-state index >= 15 is 0 Å². The molecule has 5 rings (SSSR count). The largest absolute Gasteiger partial charge is 0.379 e. The first-order valence-corrected chi connectivity index (χ1v) is 12.5. The number of rotatable bonds is 6. The monoisotopic (exact) mass is 495 g/mol. The molecule has 34 heavy (non-hydrogen) atoms. The van der Waals surface area contributed by atoms with Gasteiger partial charge in [0.1, 0.15) is 0 Å². The molecule has 1 N–H and O–H groups in total. The Labute approximate surface area is 211 Å². The summed E-state index contributed by atoms with van der Waals surface area (Å²) >= 11 is 12.2. The Morgan fingerprint density at radius 2 is 1.91 bits per heavy atom. The van der Waals surface area contributed by atoms with E-state index in [0.29, 0.717) is 0 Å². The summed E-state index contributed by atoms with van der Waals surface area (Å²) in [5, 5.41) is 5.09. The summed E-state index contributed by atoms with van der Waals surface area (Å²) in [7, 11) is 0. The van der Waals surface area contributed by atoms with Crippen LogP contribution in [-0.4, -0.2) is 63.9 Å². The zero-order valence-corrected chi connectivity index (χ0v) is 21.1. The van der Waals surface area contributed by atoms with E-state index in [4.69, 9.17) is 28.6 Å². The van der Waals surface area contributed by atoms with Crippen LogP contribution >= 0.6 is 23.8 Å². The zero-order chi connectivity index (χ0) is 23.7. The van der Waals surface area contributed by atoms with Crippen molar-refractivity contribution < 1.29 is 4.74 Å². The average molecular weight is 496 g/mol. The summed E-state index contributed by atoms with van der Waals surface area (Å²) < 4.78 is 7.80. The van der Waals surface area contributed by atoms with Crippen molar-refractivity contribution in [2.75, 3.05) is 39.4 Å². The Morgan fingerprint density at radius 3 is 2.65 bits per heavy atom. The Kier molecular flexibility index (Phi) is 6.88. The average Bonchev–Trinajstić information content (AvgIpc) is 3.33. The van der Waals surface area contributed by atoms with Gasteiger partial charge in [-0.05, 0) is 68.0 Å². The summed E-state index contributed by atoms with van der Waals surface area (Å²) in [6, 6.07) is 16.4. The van der Waals surface area contributed by atoms with Crippen molar-refractivity contribution in [3.05, 3.63) is 82.4 Å². The molecule has 8 heteroatoms. The number of hydrogen-bond donors (Lipinski definition) is 1. The van der Waals surface area contributed by atoms with E-state index in [9.17, 15) is 0 Å². The maximum atomic E-state index is 6.32. The molecule has 0 radical (unpaired) electrons. The highest BCUT2D eigenvalue weighted by Crippen LogP contribution is 2.41. The highest BCUT2D eigenvalue weighted by molar-refractivity contribution is 7.80. The standard InChI is InChI=1S/C26H30ClN5OS/c1-18-16-22(19(2)32(18)21-7-5-6-20(27)17-21)25-24(23-8-3-4-9-28-23)29-26(34)31(25)11-10-30-12-14-33-15-13-30/h3-9,16-17,24-25H,10-15H2,1-2H3,(H,29,34). The lowest BCUT2D eigenvalue weighted by Crippen LogP contribution is -2.42. The van der Waals surface area contributed by atoms with Gasteiger partial charge in [0, 0.05) is 54.5 Å². The molecule has 4 heterocycles. The zero-order valence-electron chi connectivity index (χ0n) is 19.6. The van der Waals surface area contributed by atoms with Crippen LogP contribution in [0.1, 0.15) is 34.7 Å². The molecule has 0 aliphatic carbocycles. The second-order valence-electron chi connectivity index (χ2n) is 8.92. The molecule has 0 amide bonds. The number of aromatic nitrogens is 2. The lowest BCUT2D eigenvalue weighted by molar-refractivity contribution is 0.0350. The smallest absolute Gasteiger partial charge is 0.170 e.